The number of aliphatic hydroxyl groups excluding tert-OH is 1. The molecule has 1 aromatic rings. The van der Waals surface area contributed by atoms with Gasteiger partial charge < -0.3 is 19.7 Å². The van der Waals surface area contributed by atoms with Gasteiger partial charge in [0.25, 0.3) is 0 Å². The number of aryl methyl sites for hydroxylation is 1. The standard InChI is InChI=1S/C16H26N2O3/c1-10(9-19)18(5)15(20)17-13-7-16(3,4)8-14-12(13)6-11(2)21-14/h6,10,13,19H,7-9H2,1-5H3,(H,17,20). The summed E-state index contributed by atoms with van der Waals surface area (Å²) in [6.45, 7) is 8.08. The molecule has 0 saturated carbocycles. The Labute approximate surface area is 126 Å². The van der Waals surface area contributed by atoms with Gasteiger partial charge in [-0.25, -0.2) is 4.79 Å². The fourth-order valence-corrected chi connectivity index (χ4v) is 2.89. The van der Waals surface area contributed by atoms with E-state index in [9.17, 15) is 4.79 Å². The molecule has 1 aliphatic carbocycles. The van der Waals surface area contributed by atoms with Crippen molar-refractivity contribution in [3.05, 3.63) is 23.2 Å². The molecular formula is C16H26N2O3. The lowest BCUT2D eigenvalue weighted by atomic mass is 9.75. The second-order valence-corrected chi connectivity index (χ2v) is 6.93. The van der Waals surface area contributed by atoms with E-state index in [4.69, 9.17) is 9.52 Å². The Morgan fingerprint density at radius 3 is 2.90 bits per heavy atom. The van der Waals surface area contributed by atoms with Crippen LogP contribution >= 0.6 is 0 Å². The van der Waals surface area contributed by atoms with E-state index in [0.717, 1.165) is 29.9 Å². The highest BCUT2D eigenvalue weighted by Gasteiger charge is 2.36. The molecule has 2 amide bonds. The molecule has 0 bridgehead atoms. The Morgan fingerprint density at radius 2 is 2.29 bits per heavy atom. The van der Waals surface area contributed by atoms with E-state index < -0.39 is 0 Å². The van der Waals surface area contributed by atoms with E-state index in [1.165, 1.54) is 4.90 Å². The number of rotatable bonds is 3. The highest BCUT2D eigenvalue weighted by atomic mass is 16.3. The summed E-state index contributed by atoms with van der Waals surface area (Å²) in [5.41, 5.74) is 1.18. The lowest BCUT2D eigenvalue weighted by Gasteiger charge is -2.36. The van der Waals surface area contributed by atoms with Crippen LogP contribution in [0.3, 0.4) is 0 Å². The average molecular weight is 294 g/mol. The van der Waals surface area contributed by atoms with Crippen LogP contribution in [0.25, 0.3) is 0 Å². The third kappa shape index (κ3) is 3.40. The zero-order valence-corrected chi connectivity index (χ0v) is 13.6. The maximum absolute atomic E-state index is 12.3. The highest BCUT2D eigenvalue weighted by Crippen LogP contribution is 2.42. The first-order chi connectivity index (χ1) is 9.73. The number of aliphatic hydroxyl groups is 1. The summed E-state index contributed by atoms with van der Waals surface area (Å²) >= 11 is 0. The maximum Gasteiger partial charge on any atom is 0.317 e. The van der Waals surface area contributed by atoms with Crippen molar-refractivity contribution in [3.63, 3.8) is 0 Å². The van der Waals surface area contributed by atoms with E-state index in [1.807, 2.05) is 19.9 Å². The molecule has 1 heterocycles. The predicted molar refractivity (Wildman–Crippen MR) is 81.1 cm³/mol. The summed E-state index contributed by atoms with van der Waals surface area (Å²) < 4.78 is 5.78. The number of nitrogens with one attached hydrogen (secondary N) is 1. The van der Waals surface area contributed by atoms with Gasteiger partial charge in [-0.05, 0) is 31.7 Å². The van der Waals surface area contributed by atoms with Gasteiger partial charge in [-0.1, -0.05) is 13.8 Å². The highest BCUT2D eigenvalue weighted by molar-refractivity contribution is 5.75. The van der Waals surface area contributed by atoms with Crippen molar-refractivity contribution < 1.29 is 14.3 Å². The summed E-state index contributed by atoms with van der Waals surface area (Å²) in [4.78, 5) is 13.8. The van der Waals surface area contributed by atoms with Crippen molar-refractivity contribution in [2.24, 2.45) is 5.41 Å². The Kier molecular flexibility index (Phi) is 4.33. The van der Waals surface area contributed by atoms with Crippen molar-refractivity contribution in [3.8, 4) is 0 Å². The zero-order valence-electron chi connectivity index (χ0n) is 13.6. The first-order valence-electron chi connectivity index (χ1n) is 7.47. The van der Waals surface area contributed by atoms with Crippen LogP contribution in [0.5, 0.6) is 0 Å². The van der Waals surface area contributed by atoms with E-state index in [1.54, 1.807) is 7.05 Å². The number of furan rings is 1. The van der Waals surface area contributed by atoms with Gasteiger partial charge in [0.05, 0.1) is 18.7 Å². The van der Waals surface area contributed by atoms with Crippen LogP contribution in [0.2, 0.25) is 0 Å². The van der Waals surface area contributed by atoms with Crippen molar-refractivity contribution in [1.29, 1.82) is 0 Å². The predicted octanol–water partition coefficient (Wildman–Crippen LogP) is 2.62. The van der Waals surface area contributed by atoms with Crippen LogP contribution in [0.15, 0.2) is 10.5 Å². The molecule has 5 heteroatoms. The maximum atomic E-state index is 12.3. The second-order valence-electron chi connectivity index (χ2n) is 6.93. The molecule has 1 aromatic heterocycles. The number of urea groups is 1. The van der Waals surface area contributed by atoms with Gasteiger partial charge in [0.2, 0.25) is 0 Å². The van der Waals surface area contributed by atoms with Crippen LogP contribution in [-0.2, 0) is 6.42 Å². The third-order valence-corrected chi connectivity index (χ3v) is 4.28. The van der Waals surface area contributed by atoms with Crippen LogP contribution < -0.4 is 5.32 Å². The number of carbonyl (C=O) groups excluding carboxylic acids is 1. The minimum atomic E-state index is -0.202. The number of nitrogens with zero attached hydrogens (tertiary/aromatic N) is 1. The molecule has 2 rings (SSSR count). The van der Waals surface area contributed by atoms with Gasteiger partial charge in [0.15, 0.2) is 0 Å². The number of hydrogen-bond acceptors (Lipinski definition) is 3. The van der Waals surface area contributed by atoms with Crippen LogP contribution in [0, 0.1) is 12.3 Å². The molecule has 21 heavy (non-hydrogen) atoms. The van der Waals surface area contributed by atoms with Crippen LogP contribution in [0.4, 0.5) is 4.79 Å². The molecule has 0 aromatic carbocycles. The molecule has 2 N–H and O–H groups in total. The topological polar surface area (TPSA) is 65.7 Å². The molecule has 118 valence electrons. The van der Waals surface area contributed by atoms with Crippen molar-refractivity contribution in [2.75, 3.05) is 13.7 Å². The molecule has 2 atom stereocenters. The second kappa shape index (κ2) is 5.72. The van der Waals surface area contributed by atoms with Gasteiger partial charge in [0, 0.05) is 19.0 Å². The third-order valence-electron chi connectivity index (χ3n) is 4.28. The smallest absolute Gasteiger partial charge is 0.317 e. The van der Waals surface area contributed by atoms with Gasteiger partial charge in [-0.2, -0.15) is 0 Å². The first kappa shape index (κ1) is 15.9. The quantitative estimate of drug-likeness (QED) is 0.900. The lowest BCUT2D eigenvalue weighted by molar-refractivity contribution is 0.149. The molecule has 2 unspecified atom stereocenters. The zero-order chi connectivity index (χ0) is 15.8. The number of amides is 2. The molecule has 5 nitrogen and oxygen atoms in total. The molecule has 1 aliphatic rings. The number of hydrogen-bond donors (Lipinski definition) is 2. The largest absolute Gasteiger partial charge is 0.466 e. The van der Waals surface area contributed by atoms with Crippen molar-refractivity contribution in [2.45, 2.75) is 52.6 Å². The van der Waals surface area contributed by atoms with Crippen molar-refractivity contribution >= 4 is 6.03 Å². The summed E-state index contributed by atoms with van der Waals surface area (Å²) in [6.07, 6.45) is 1.78. The van der Waals surface area contributed by atoms with E-state index in [0.29, 0.717) is 0 Å². The fraction of sp³-hybridized carbons (Fsp3) is 0.688. The van der Waals surface area contributed by atoms with Gasteiger partial charge >= 0.3 is 6.03 Å². The SMILES string of the molecule is Cc1cc2c(o1)CC(C)(C)CC2NC(=O)N(C)C(C)CO. The Balaban J connectivity index is 2.18. The molecule has 0 aliphatic heterocycles. The van der Waals surface area contributed by atoms with Gasteiger partial charge in [-0.15, -0.1) is 0 Å². The Morgan fingerprint density at radius 1 is 1.62 bits per heavy atom. The van der Waals surface area contributed by atoms with E-state index in [-0.39, 0.29) is 30.1 Å². The fourth-order valence-electron chi connectivity index (χ4n) is 2.89. The van der Waals surface area contributed by atoms with Crippen LogP contribution in [0.1, 0.15) is 50.3 Å². The van der Waals surface area contributed by atoms with Crippen molar-refractivity contribution in [1.82, 2.24) is 10.2 Å². The Bertz CT molecular complexity index is 522. The minimum Gasteiger partial charge on any atom is -0.466 e. The molecule has 0 saturated heterocycles. The van der Waals surface area contributed by atoms with E-state index >= 15 is 0 Å². The van der Waals surface area contributed by atoms with Gasteiger partial charge in [-0.3, -0.25) is 0 Å². The number of carbonyl (C=O) groups is 1. The Hall–Kier alpha value is -1.49. The number of likely N-dealkylation sites (N-methyl/N-ethyl adjacent to an activating group) is 1. The molecule has 0 fully saturated rings. The summed E-state index contributed by atoms with van der Waals surface area (Å²) in [5.74, 6) is 1.86. The minimum absolute atomic E-state index is 0.0398. The molecule has 0 radical (unpaired) electrons. The first-order valence-corrected chi connectivity index (χ1v) is 7.47. The normalized spacial score (nSPS) is 21.5. The van der Waals surface area contributed by atoms with E-state index in [2.05, 4.69) is 19.2 Å². The summed E-state index contributed by atoms with van der Waals surface area (Å²) in [7, 11) is 1.70. The molecular weight excluding hydrogens is 268 g/mol. The number of fused-ring (bicyclic) bond motifs is 1. The summed E-state index contributed by atoms with van der Waals surface area (Å²) in [5, 5.41) is 12.2. The lowest BCUT2D eigenvalue weighted by Crippen LogP contribution is -2.46. The molecule has 0 spiro atoms. The van der Waals surface area contributed by atoms with Crippen LogP contribution in [-0.4, -0.2) is 35.7 Å². The summed E-state index contributed by atoms with van der Waals surface area (Å²) in [6, 6.07) is 1.61. The average Bonchev–Trinajstić information content (AvgIpc) is 2.75. The monoisotopic (exact) mass is 294 g/mol. The van der Waals surface area contributed by atoms with Gasteiger partial charge in [0.1, 0.15) is 11.5 Å².